The van der Waals surface area contributed by atoms with Gasteiger partial charge < -0.3 is 24.8 Å². The van der Waals surface area contributed by atoms with Crippen LogP contribution in [-0.4, -0.2) is 73.9 Å². The van der Waals surface area contributed by atoms with Crippen LogP contribution in [0.3, 0.4) is 0 Å². The number of hydrogen-bond acceptors (Lipinski definition) is 11. The van der Waals surface area contributed by atoms with Gasteiger partial charge in [0.15, 0.2) is 17.4 Å². The number of esters is 1. The molecule has 6 atom stereocenters. The van der Waals surface area contributed by atoms with Gasteiger partial charge in [0, 0.05) is 0 Å². The average molecular weight is 611 g/mol. The zero-order valence-electron chi connectivity index (χ0n) is 22.7. The molecular weight excluding hydrogens is 581 g/mol. The second-order valence-corrected chi connectivity index (χ2v) is 11.2. The first-order chi connectivity index (χ1) is 19.9. The van der Waals surface area contributed by atoms with Gasteiger partial charge in [-0.3, -0.25) is 23.7 Å². The number of ether oxygens (including phenoxy) is 2. The molecule has 1 fully saturated rings. The average Bonchev–Trinajstić information content (AvgIpc) is 3.45. The second kappa shape index (κ2) is 12.6. The lowest BCUT2D eigenvalue weighted by Gasteiger charge is -2.25. The quantitative estimate of drug-likeness (QED) is 0.148. The second-order valence-electron chi connectivity index (χ2n) is 9.48. The molecule has 0 saturated carbocycles. The van der Waals surface area contributed by atoms with E-state index in [4.69, 9.17) is 24.3 Å². The van der Waals surface area contributed by atoms with Crippen molar-refractivity contribution in [1.29, 1.82) is 0 Å². The number of nitrogens with two attached hydrogens (primary N) is 1. The van der Waals surface area contributed by atoms with Gasteiger partial charge in [0.25, 0.3) is 5.56 Å². The molecule has 0 aliphatic carbocycles. The van der Waals surface area contributed by atoms with Crippen molar-refractivity contribution in [2.75, 3.05) is 19.0 Å². The number of nitrogen functional groups attached to an aromatic ring is 1. The number of rotatable bonds is 10. The molecule has 1 aliphatic heterocycles. The van der Waals surface area contributed by atoms with Crippen LogP contribution in [0.1, 0.15) is 27.0 Å². The zero-order chi connectivity index (χ0) is 30.7. The Hall–Kier alpha value is -3.87. The van der Waals surface area contributed by atoms with Crippen molar-refractivity contribution >= 4 is 30.8 Å². The number of H-pyrrole nitrogens is 1. The van der Waals surface area contributed by atoms with Gasteiger partial charge in [0.05, 0.1) is 19.0 Å². The van der Waals surface area contributed by atoms with Crippen LogP contribution < -0.4 is 20.9 Å². The molecule has 0 spiro atoms. The molecule has 5 N–H and O–H groups in total. The summed E-state index contributed by atoms with van der Waals surface area (Å²) in [5.74, 6) is 3.02. The largest absolute Gasteiger partial charge is 0.462 e. The summed E-state index contributed by atoms with van der Waals surface area (Å²) in [6.07, 6.45) is -4.92. The lowest BCUT2D eigenvalue weighted by atomic mass is 9.96. The van der Waals surface area contributed by atoms with Crippen LogP contribution in [0.5, 0.6) is 5.75 Å². The molecule has 1 saturated heterocycles. The fraction of sp³-hybridized carbons (Fsp3) is 0.440. The zero-order valence-corrected chi connectivity index (χ0v) is 23.6. The highest BCUT2D eigenvalue weighted by atomic mass is 31.2. The van der Waals surface area contributed by atoms with Gasteiger partial charge in [-0.05, 0) is 32.9 Å². The van der Waals surface area contributed by atoms with E-state index in [9.17, 15) is 23.7 Å². The lowest BCUT2D eigenvalue weighted by Crippen LogP contribution is -2.43. The number of benzene rings is 1. The molecule has 42 heavy (non-hydrogen) atoms. The Bertz CT molecular complexity index is 1590. The van der Waals surface area contributed by atoms with Gasteiger partial charge >= 0.3 is 13.7 Å². The minimum Gasteiger partial charge on any atom is -0.462 e. The summed E-state index contributed by atoms with van der Waals surface area (Å²) in [5.41, 5.74) is 1.52. The van der Waals surface area contributed by atoms with E-state index in [0.29, 0.717) is 0 Å². The van der Waals surface area contributed by atoms with Gasteiger partial charge in [-0.15, -0.1) is 0 Å². The van der Waals surface area contributed by atoms with Gasteiger partial charge in [-0.2, -0.15) is 10.1 Å². The van der Waals surface area contributed by atoms with Crippen LogP contribution in [-0.2, 0) is 23.4 Å². The van der Waals surface area contributed by atoms with Crippen molar-refractivity contribution in [3.63, 3.8) is 0 Å². The Morgan fingerprint density at radius 2 is 2.07 bits per heavy atom. The smallest absolute Gasteiger partial charge is 0.459 e. The Morgan fingerprint density at radius 1 is 1.36 bits per heavy atom. The number of aromatic nitrogens is 4. The van der Waals surface area contributed by atoms with Crippen LogP contribution in [0.25, 0.3) is 11.2 Å². The summed E-state index contributed by atoms with van der Waals surface area (Å²) in [4.78, 5) is 34.7. The number of imidazole rings is 1. The number of hydrogen-bond donors (Lipinski definition) is 4. The van der Waals surface area contributed by atoms with Gasteiger partial charge in [0.2, 0.25) is 11.6 Å². The van der Waals surface area contributed by atoms with Crippen molar-refractivity contribution in [2.45, 2.75) is 57.0 Å². The predicted octanol–water partition coefficient (Wildman–Crippen LogP) is 1.77. The van der Waals surface area contributed by atoms with Crippen LogP contribution in [0.2, 0.25) is 0 Å². The molecule has 4 rings (SSSR count). The first-order valence-corrected chi connectivity index (χ1v) is 14.2. The minimum absolute atomic E-state index is 0.107. The Kier molecular flexibility index (Phi) is 9.29. The third-order valence-corrected chi connectivity index (χ3v) is 7.57. The van der Waals surface area contributed by atoms with E-state index in [2.05, 4.69) is 20.0 Å². The summed E-state index contributed by atoms with van der Waals surface area (Å²) in [7, 11) is -4.42. The molecule has 2 aromatic heterocycles. The number of aromatic amines is 1. The molecule has 3 heterocycles. The maximum atomic E-state index is 16.4. The van der Waals surface area contributed by atoms with Crippen molar-refractivity contribution in [3.8, 4) is 17.6 Å². The molecular formula is C25H29F2N6O8P. The first-order valence-electron chi connectivity index (χ1n) is 12.6. The van der Waals surface area contributed by atoms with Crippen molar-refractivity contribution in [2.24, 2.45) is 0 Å². The number of fused-ring (bicyclic) bond motifs is 1. The molecule has 1 aromatic carbocycles. The molecule has 226 valence electrons. The Labute approximate surface area is 238 Å². The number of anilines is 1. The maximum Gasteiger partial charge on any atom is 0.459 e. The molecule has 1 unspecified atom stereocenters. The van der Waals surface area contributed by atoms with Crippen molar-refractivity contribution in [3.05, 3.63) is 47.0 Å². The highest BCUT2D eigenvalue weighted by molar-refractivity contribution is 7.52. The summed E-state index contributed by atoms with van der Waals surface area (Å²) in [5, 5.41) is 13.4. The minimum atomic E-state index is -4.42. The van der Waals surface area contributed by atoms with E-state index >= 15 is 4.39 Å². The highest BCUT2D eigenvalue weighted by Crippen LogP contribution is 2.48. The van der Waals surface area contributed by atoms with E-state index in [1.54, 1.807) is 32.0 Å². The van der Waals surface area contributed by atoms with Crippen molar-refractivity contribution < 1.29 is 41.8 Å². The number of halogens is 2. The van der Waals surface area contributed by atoms with E-state index in [1.165, 1.54) is 19.1 Å². The number of carbonyl (C=O) groups is 1. The number of carbonyl (C=O) groups excluding carboxylic acids is 1. The lowest BCUT2D eigenvalue weighted by molar-refractivity contribution is -0.149. The van der Waals surface area contributed by atoms with E-state index in [0.717, 1.165) is 10.9 Å². The Balaban J connectivity index is 1.63. The molecule has 1 aliphatic rings. The number of aliphatic hydroxyl groups excluding tert-OH is 1. The van der Waals surface area contributed by atoms with Crippen LogP contribution in [0, 0.1) is 11.8 Å². The summed E-state index contributed by atoms with van der Waals surface area (Å²) in [6.45, 7) is 2.64. The van der Waals surface area contributed by atoms with Gasteiger partial charge in [0.1, 0.15) is 30.7 Å². The first kappa shape index (κ1) is 31.1. The van der Waals surface area contributed by atoms with E-state index < -0.39 is 68.8 Å². The number of nitrogens with one attached hydrogen (secondary N) is 2. The third-order valence-electron chi connectivity index (χ3n) is 5.93. The van der Waals surface area contributed by atoms with Crippen molar-refractivity contribution in [1.82, 2.24) is 24.6 Å². The normalized spacial score (nSPS) is 24.1. The molecule has 0 radical (unpaired) electrons. The SMILES string of the molecule is CC(C)OC(=O)[C@H](C)NP(=O)(OC[C@H]1O[C@@H](n2cnc3c(=O)[nH]c(N)nc32)[C@@](F)(C#CCF)[C@H]1O)Oc1ccccc1. The standard InChI is InChI=1S/C25H29F2N6O8P/c1-14(2)39-22(36)15(3)32-42(37,41-16-8-5-4-6-9-16)38-12-17-19(34)25(27,10-7-11-26)23(40-17)33-13-29-18-20(33)30-24(28)31-21(18)35/h4-6,8-9,13-15,17,19,23,34H,11-12H2,1-3H3,(H,32,37)(H3,28,30,31,35)/t15-,17+,19-,23+,25+,42?/m0/s1. The fourth-order valence-corrected chi connectivity index (χ4v) is 5.58. The molecule has 17 heteroatoms. The molecule has 0 bridgehead atoms. The number of alkyl halides is 2. The molecule has 3 aromatic rings. The third kappa shape index (κ3) is 6.61. The van der Waals surface area contributed by atoms with E-state index in [-0.39, 0.29) is 22.9 Å². The summed E-state index contributed by atoms with van der Waals surface area (Å²) >= 11 is 0. The van der Waals surface area contributed by atoms with Crippen LogP contribution in [0.4, 0.5) is 14.7 Å². The van der Waals surface area contributed by atoms with Gasteiger partial charge in [-0.1, -0.05) is 30.0 Å². The van der Waals surface area contributed by atoms with Gasteiger partial charge in [-0.25, -0.2) is 18.3 Å². The summed E-state index contributed by atoms with van der Waals surface area (Å²) in [6, 6.07) is 6.68. The topological polar surface area (TPSA) is 193 Å². The predicted molar refractivity (Wildman–Crippen MR) is 145 cm³/mol. The number of nitrogens with zero attached hydrogens (tertiary/aromatic N) is 3. The van der Waals surface area contributed by atoms with Crippen LogP contribution in [0.15, 0.2) is 41.5 Å². The maximum absolute atomic E-state index is 16.4. The number of para-hydroxylation sites is 1. The number of aliphatic hydroxyl groups is 1. The molecule has 14 nitrogen and oxygen atoms in total. The van der Waals surface area contributed by atoms with E-state index in [1.807, 2.05) is 11.8 Å². The van der Waals surface area contributed by atoms with Crippen LogP contribution >= 0.6 is 7.75 Å². The fourth-order valence-electron chi connectivity index (χ4n) is 4.08. The Morgan fingerprint density at radius 3 is 2.74 bits per heavy atom. The molecule has 0 amide bonds. The monoisotopic (exact) mass is 610 g/mol. The highest BCUT2D eigenvalue weighted by Gasteiger charge is 2.58. The summed E-state index contributed by atoms with van der Waals surface area (Å²) < 4.78 is 66.0.